The number of carbonyl (C=O) groups excluding carboxylic acids is 1. The average molecular weight is 342 g/mol. The van der Waals surface area contributed by atoms with Gasteiger partial charge < -0.3 is 15.4 Å². The number of hydrogen-bond acceptors (Lipinski definition) is 3. The third-order valence-corrected chi connectivity index (χ3v) is 4.12. The number of nitrogens with zero attached hydrogens (tertiary/aromatic N) is 1. The number of amides is 1. The second-order valence-corrected chi connectivity index (χ2v) is 5.96. The minimum Gasteiger partial charge on any atom is -0.508 e. The molecule has 1 amide bonds. The van der Waals surface area contributed by atoms with Gasteiger partial charge in [-0.25, -0.2) is 4.98 Å². The molecule has 0 unspecified atom stereocenters. The predicted octanol–water partition coefficient (Wildman–Crippen LogP) is 3.92. The summed E-state index contributed by atoms with van der Waals surface area (Å²) < 4.78 is 0. The molecule has 4 rings (SSSR count). The molecule has 5 heteroatoms. The van der Waals surface area contributed by atoms with Crippen LogP contribution in [0.15, 0.2) is 67.0 Å². The molecule has 0 aliphatic rings. The molecule has 2 aromatic heterocycles. The van der Waals surface area contributed by atoms with Crippen molar-refractivity contribution in [2.24, 2.45) is 0 Å². The smallest absolute Gasteiger partial charge is 0.228 e. The van der Waals surface area contributed by atoms with Crippen LogP contribution in [0, 0.1) is 6.07 Å². The number of phenolic OH excluding ortho intramolecular Hbond substituents is 1. The number of fused-ring (bicyclic) bond motifs is 1. The fraction of sp³-hybridized carbons (Fsp3) is 0.0476. The van der Waals surface area contributed by atoms with Gasteiger partial charge in [-0.15, -0.1) is 0 Å². The summed E-state index contributed by atoms with van der Waals surface area (Å²) in [7, 11) is 0. The largest absolute Gasteiger partial charge is 0.508 e. The number of rotatable bonds is 4. The Labute approximate surface area is 150 Å². The average Bonchev–Trinajstić information content (AvgIpc) is 3.08. The minimum absolute atomic E-state index is 0.147. The Hall–Kier alpha value is -3.60. The number of pyridine rings is 1. The molecule has 0 saturated heterocycles. The van der Waals surface area contributed by atoms with Crippen LogP contribution in [-0.4, -0.2) is 21.0 Å². The standard InChI is InChI=1S/C21H16N3O2/c25-16-8-4-5-14(11-16)12-19(26)24-18-9-10-22-21-20(18)17(13-23-21)15-6-2-1-3-7-15/h1-6,8-11,13,25H,12H2,(H2,22,23,24,26). The quantitative estimate of drug-likeness (QED) is 0.526. The van der Waals surface area contributed by atoms with Gasteiger partial charge in [0.1, 0.15) is 11.4 Å². The van der Waals surface area contributed by atoms with Crippen molar-refractivity contribution >= 4 is 22.6 Å². The van der Waals surface area contributed by atoms with Crippen LogP contribution in [0.4, 0.5) is 5.69 Å². The maximum Gasteiger partial charge on any atom is 0.228 e. The lowest BCUT2D eigenvalue weighted by atomic mass is 10.0. The highest BCUT2D eigenvalue weighted by molar-refractivity contribution is 6.07. The van der Waals surface area contributed by atoms with Crippen molar-refractivity contribution in [2.45, 2.75) is 6.42 Å². The fourth-order valence-corrected chi connectivity index (χ4v) is 2.98. The van der Waals surface area contributed by atoms with Crippen molar-refractivity contribution in [1.82, 2.24) is 9.97 Å². The third kappa shape index (κ3) is 3.15. The number of H-pyrrole nitrogens is 1. The van der Waals surface area contributed by atoms with Crippen LogP contribution in [0.1, 0.15) is 5.56 Å². The molecular formula is C21H16N3O2. The Bertz CT molecular complexity index is 1070. The minimum atomic E-state index is -0.160. The highest BCUT2D eigenvalue weighted by atomic mass is 16.3. The lowest BCUT2D eigenvalue weighted by Gasteiger charge is -2.09. The maximum atomic E-state index is 12.5. The monoisotopic (exact) mass is 342 g/mol. The summed E-state index contributed by atoms with van der Waals surface area (Å²) in [6.07, 6.45) is 3.70. The molecule has 2 aromatic carbocycles. The number of aromatic hydroxyl groups is 1. The summed E-state index contributed by atoms with van der Waals surface area (Å²) in [5.74, 6) is -0.0126. The summed E-state index contributed by atoms with van der Waals surface area (Å²) in [4.78, 5) is 20.0. The highest BCUT2D eigenvalue weighted by Crippen LogP contribution is 2.32. The van der Waals surface area contributed by atoms with Gasteiger partial charge in [0.2, 0.25) is 5.91 Å². The van der Waals surface area contributed by atoms with E-state index in [0.29, 0.717) is 11.3 Å². The first-order valence-corrected chi connectivity index (χ1v) is 8.21. The van der Waals surface area contributed by atoms with E-state index < -0.39 is 0 Å². The molecule has 0 fully saturated rings. The van der Waals surface area contributed by atoms with E-state index in [1.807, 2.05) is 36.5 Å². The van der Waals surface area contributed by atoms with Gasteiger partial charge in [0.05, 0.1) is 17.5 Å². The van der Waals surface area contributed by atoms with Crippen LogP contribution >= 0.6 is 0 Å². The van der Waals surface area contributed by atoms with Crippen LogP contribution in [0.2, 0.25) is 0 Å². The molecule has 5 nitrogen and oxygen atoms in total. The van der Waals surface area contributed by atoms with Crippen molar-refractivity contribution in [3.8, 4) is 16.9 Å². The number of nitrogens with one attached hydrogen (secondary N) is 2. The Morgan fingerprint density at radius 1 is 1.19 bits per heavy atom. The summed E-state index contributed by atoms with van der Waals surface area (Å²) >= 11 is 0. The topological polar surface area (TPSA) is 78.0 Å². The number of anilines is 1. The molecule has 26 heavy (non-hydrogen) atoms. The van der Waals surface area contributed by atoms with E-state index in [9.17, 15) is 9.90 Å². The molecule has 0 aliphatic carbocycles. The van der Waals surface area contributed by atoms with Crippen LogP contribution in [0.25, 0.3) is 22.2 Å². The van der Waals surface area contributed by atoms with Crippen molar-refractivity contribution in [1.29, 1.82) is 0 Å². The molecule has 2 heterocycles. The van der Waals surface area contributed by atoms with E-state index >= 15 is 0 Å². The van der Waals surface area contributed by atoms with Crippen molar-refractivity contribution < 1.29 is 9.90 Å². The zero-order valence-corrected chi connectivity index (χ0v) is 13.9. The van der Waals surface area contributed by atoms with Gasteiger partial charge in [0.15, 0.2) is 0 Å². The lowest BCUT2D eigenvalue weighted by Crippen LogP contribution is -2.14. The van der Waals surface area contributed by atoms with E-state index in [2.05, 4.69) is 21.4 Å². The van der Waals surface area contributed by atoms with E-state index in [1.54, 1.807) is 30.5 Å². The van der Waals surface area contributed by atoms with Crippen LogP contribution < -0.4 is 5.32 Å². The Kier molecular flexibility index (Phi) is 4.11. The first kappa shape index (κ1) is 15.9. The molecule has 0 atom stereocenters. The molecule has 1 radical (unpaired) electrons. The van der Waals surface area contributed by atoms with Gasteiger partial charge in [-0.2, -0.15) is 0 Å². The fourth-order valence-electron chi connectivity index (χ4n) is 2.98. The van der Waals surface area contributed by atoms with Crippen LogP contribution in [0.5, 0.6) is 5.75 Å². The third-order valence-electron chi connectivity index (χ3n) is 4.12. The number of hydrogen-bond donors (Lipinski definition) is 3. The van der Waals surface area contributed by atoms with Crippen LogP contribution in [-0.2, 0) is 11.2 Å². The second kappa shape index (κ2) is 6.72. The SMILES string of the molecule is O=C(Cc1cccc(O)c1)Nc1ccnc2[nH]cc(-c3[c]cccc3)c12. The number of benzene rings is 2. The highest BCUT2D eigenvalue weighted by Gasteiger charge is 2.13. The predicted molar refractivity (Wildman–Crippen MR) is 101 cm³/mol. The number of carbonyl (C=O) groups is 1. The number of phenols is 1. The van der Waals surface area contributed by atoms with Crippen molar-refractivity contribution in [3.63, 3.8) is 0 Å². The molecular weight excluding hydrogens is 326 g/mol. The first-order valence-electron chi connectivity index (χ1n) is 8.21. The van der Waals surface area contributed by atoms with Crippen molar-refractivity contribution in [2.75, 3.05) is 5.32 Å². The summed E-state index contributed by atoms with van der Waals surface area (Å²) in [6.45, 7) is 0. The van der Waals surface area contributed by atoms with Gasteiger partial charge >= 0.3 is 0 Å². The summed E-state index contributed by atoms with van der Waals surface area (Å²) in [6, 6.07) is 19.4. The van der Waals surface area contributed by atoms with Crippen molar-refractivity contribution in [3.05, 3.63) is 78.6 Å². The van der Waals surface area contributed by atoms with E-state index in [-0.39, 0.29) is 18.1 Å². The summed E-state index contributed by atoms with van der Waals surface area (Å²) in [5, 5.41) is 13.3. The van der Waals surface area contributed by atoms with Crippen LogP contribution in [0.3, 0.4) is 0 Å². The number of aromatic amines is 1. The van der Waals surface area contributed by atoms with E-state index in [1.165, 1.54) is 0 Å². The lowest BCUT2D eigenvalue weighted by molar-refractivity contribution is -0.115. The second-order valence-electron chi connectivity index (χ2n) is 5.96. The van der Waals surface area contributed by atoms with E-state index in [0.717, 1.165) is 22.1 Å². The van der Waals surface area contributed by atoms with Gasteiger partial charge in [0.25, 0.3) is 0 Å². The Morgan fingerprint density at radius 2 is 2.12 bits per heavy atom. The van der Waals surface area contributed by atoms with Gasteiger partial charge in [-0.1, -0.05) is 36.4 Å². The Morgan fingerprint density at radius 3 is 2.92 bits per heavy atom. The zero-order valence-electron chi connectivity index (χ0n) is 13.9. The molecule has 0 spiro atoms. The zero-order chi connectivity index (χ0) is 17.9. The van der Waals surface area contributed by atoms with Gasteiger partial charge in [-0.3, -0.25) is 4.79 Å². The summed E-state index contributed by atoms with van der Waals surface area (Å²) in [5.41, 5.74) is 4.00. The maximum absolute atomic E-state index is 12.5. The molecule has 4 aromatic rings. The van der Waals surface area contributed by atoms with E-state index in [4.69, 9.17) is 0 Å². The molecule has 3 N–H and O–H groups in total. The molecule has 0 aliphatic heterocycles. The Balaban J connectivity index is 1.66. The molecule has 0 bridgehead atoms. The van der Waals surface area contributed by atoms with Gasteiger partial charge in [0, 0.05) is 18.0 Å². The molecule has 0 saturated carbocycles. The normalized spacial score (nSPS) is 10.8. The molecule has 127 valence electrons. The number of aromatic nitrogens is 2. The first-order chi connectivity index (χ1) is 12.7. The van der Waals surface area contributed by atoms with Gasteiger partial charge in [-0.05, 0) is 35.4 Å².